The number of benzene rings is 1. The van der Waals surface area contributed by atoms with Gasteiger partial charge in [-0.2, -0.15) is 0 Å². The van der Waals surface area contributed by atoms with Crippen molar-refractivity contribution in [2.24, 2.45) is 5.92 Å². The Balaban J connectivity index is 1.72. The standard InChI is InChI=1S/C21H26ClN3OS/c1-13(2)5-4-6-14(3)25-11-18(26)19(20(25)23)21-24-17(12-27-21)15-7-9-16(22)10-8-15/h7-10,12-14,23,26H,4-6,11H2,1-3H3. The van der Waals surface area contributed by atoms with Crippen LogP contribution in [-0.4, -0.2) is 33.4 Å². The Morgan fingerprint density at radius 1 is 1.22 bits per heavy atom. The van der Waals surface area contributed by atoms with Gasteiger partial charge in [0.05, 0.1) is 17.8 Å². The Morgan fingerprint density at radius 2 is 1.93 bits per heavy atom. The van der Waals surface area contributed by atoms with E-state index in [9.17, 15) is 5.11 Å². The van der Waals surface area contributed by atoms with Gasteiger partial charge in [-0.25, -0.2) is 4.98 Å². The second-order valence-electron chi connectivity index (χ2n) is 7.52. The number of amidine groups is 1. The Labute approximate surface area is 170 Å². The summed E-state index contributed by atoms with van der Waals surface area (Å²) < 4.78 is 0. The molecule has 1 aliphatic heterocycles. The van der Waals surface area contributed by atoms with Crippen LogP contribution < -0.4 is 0 Å². The molecule has 1 aromatic carbocycles. The molecule has 2 heterocycles. The van der Waals surface area contributed by atoms with E-state index >= 15 is 0 Å². The van der Waals surface area contributed by atoms with Crippen LogP contribution in [0, 0.1) is 11.3 Å². The number of hydrogen-bond acceptors (Lipinski definition) is 4. The van der Waals surface area contributed by atoms with Crippen molar-refractivity contribution >= 4 is 34.3 Å². The summed E-state index contributed by atoms with van der Waals surface area (Å²) in [5.41, 5.74) is 2.38. The fraction of sp³-hybridized carbons (Fsp3) is 0.429. The van der Waals surface area contributed by atoms with E-state index < -0.39 is 0 Å². The highest BCUT2D eigenvalue weighted by molar-refractivity contribution is 7.11. The van der Waals surface area contributed by atoms with Crippen LogP contribution in [0.4, 0.5) is 0 Å². The van der Waals surface area contributed by atoms with Crippen LogP contribution in [0.2, 0.25) is 5.02 Å². The van der Waals surface area contributed by atoms with Gasteiger partial charge in [0.1, 0.15) is 16.6 Å². The highest BCUT2D eigenvalue weighted by atomic mass is 35.5. The topological polar surface area (TPSA) is 60.2 Å². The van der Waals surface area contributed by atoms with Crippen LogP contribution in [0.15, 0.2) is 35.4 Å². The summed E-state index contributed by atoms with van der Waals surface area (Å²) >= 11 is 7.41. The van der Waals surface area contributed by atoms with Crippen LogP contribution in [0.1, 0.15) is 45.0 Å². The first kappa shape index (κ1) is 19.9. The zero-order valence-corrected chi connectivity index (χ0v) is 17.6. The van der Waals surface area contributed by atoms with E-state index in [1.54, 1.807) is 0 Å². The molecule has 6 heteroatoms. The predicted octanol–water partition coefficient (Wildman–Crippen LogP) is 6.24. The van der Waals surface area contributed by atoms with Gasteiger partial charge in [-0.05, 0) is 31.4 Å². The molecule has 0 bridgehead atoms. The van der Waals surface area contributed by atoms with Crippen molar-refractivity contribution in [1.29, 1.82) is 5.41 Å². The van der Waals surface area contributed by atoms with E-state index in [0.717, 1.165) is 24.1 Å². The number of hydrogen-bond donors (Lipinski definition) is 2. The highest BCUT2D eigenvalue weighted by Gasteiger charge is 2.32. The van der Waals surface area contributed by atoms with Crippen LogP contribution in [0.5, 0.6) is 0 Å². The van der Waals surface area contributed by atoms with E-state index in [2.05, 4.69) is 25.8 Å². The number of thiazole rings is 1. The number of halogens is 1. The molecule has 3 rings (SSSR count). The van der Waals surface area contributed by atoms with Crippen molar-refractivity contribution in [3.8, 4) is 11.3 Å². The lowest BCUT2D eigenvalue weighted by atomic mass is 10.0. The Kier molecular flexibility index (Phi) is 6.22. The Morgan fingerprint density at radius 3 is 2.59 bits per heavy atom. The fourth-order valence-electron chi connectivity index (χ4n) is 3.32. The largest absolute Gasteiger partial charge is 0.510 e. The van der Waals surface area contributed by atoms with E-state index in [1.807, 2.05) is 34.5 Å². The molecular weight excluding hydrogens is 378 g/mol. The van der Waals surface area contributed by atoms with E-state index in [4.69, 9.17) is 17.0 Å². The fourth-order valence-corrected chi connectivity index (χ4v) is 4.34. The highest BCUT2D eigenvalue weighted by Crippen LogP contribution is 2.33. The molecule has 0 saturated heterocycles. The second kappa shape index (κ2) is 8.44. The lowest BCUT2D eigenvalue weighted by molar-refractivity contribution is 0.289. The summed E-state index contributed by atoms with van der Waals surface area (Å²) in [5.74, 6) is 1.31. The van der Waals surface area contributed by atoms with Crippen LogP contribution in [0.25, 0.3) is 16.8 Å². The zero-order chi connectivity index (χ0) is 19.6. The SMILES string of the molecule is CC(C)CCCC(C)N1CC(O)=C(c2nc(-c3ccc(Cl)cc3)cs2)C1=N. The lowest BCUT2D eigenvalue weighted by Gasteiger charge is -2.26. The van der Waals surface area contributed by atoms with Gasteiger partial charge in [0, 0.05) is 22.0 Å². The smallest absolute Gasteiger partial charge is 0.135 e. The number of aliphatic hydroxyl groups is 1. The normalized spacial score (nSPS) is 15.9. The molecule has 0 amide bonds. The molecule has 1 atom stereocenters. The Hall–Kier alpha value is -1.85. The molecule has 144 valence electrons. The average Bonchev–Trinajstić information content (AvgIpc) is 3.19. The van der Waals surface area contributed by atoms with Gasteiger partial charge in [-0.15, -0.1) is 11.3 Å². The maximum absolute atomic E-state index is 10.5. The van der Waals surface area contributed by atoms with Gasteiger partial charge in [0.25, 0.3) is 0 Å². The predicted molar refractivity (Wildman–Crippen MR) is 115 cm³/mol. The van der Waals surface area contributed by atoms with Gasteiger partial charge in [-0.3, -0.25) is 5.41 Å². The van der Waals surface area contributed by atoms with Crippen molar-refractivity contribution in [3.05, 3.63) is 45.4 Å². The first-order chi connectivity index (χ1) is 12.9. The maximum Gasteiger partial charge on any atom is 0.135 e. The van der Waals surface area contributed by atoms with Crippen molar-refractivity contribution in [2.75, 3.05) is 6.54 Å². The van der Waals surface area contributed by atoms with Gasteiger partial charge in [0.15, 0.2) is 0 Å². The summed E-state index contributed by atoms with van der Waals surface area (Å²) in [6.07, 6.45) is 3.35. The molecule has 2 aromatic rings. The van der Waals surface area contributed by atoms with Crippen molar-refractivity contribution in [2.45, 2.75) is 46.1 Å². The second-order valence-corrected chi connectivity index (χ2v) is 8.81. The van der Waals surface area contributed by atoms with Gasteiger partial charge in [0.2, 0.25) is 0 Å². The van der Waals surface area contributed by atoms with Gasteiger partial charge in [-0.1, -0.05) is 50.4 Å². The minimum Gasteiger partial charge on any atom is -0.510 e. The van der Waals surface area contributed by atoms with E-state index in [1.165, 1.54) is 17.8 Å². The number of nitrogens with one attached hydrogen (secondary N) is 1. The van der Waals surface area contributed by atoms with Gasteiger partial charge < -0.3 is 10.0 Å². The first-order valence-electron chi connectivity index (χ1n) is 9.36. The average molecular weight is 404 g/mol. The molecule has 27 heavy (non-hydrogen) atoms. The molecule has 0 fully saturated rings. The summed E-state index contributed by atoms with van der Waals surface area (Å²) in [6, 6.07) is 7.76. The van der Waals surface area contributed by atoms with Crippen LogP contribution >= 0.6 is 22.9 Å². The summed E-state index contributed by atoms with van der Waals surface area (Å²) in [4.78, 5) is 6.64. The quantitative estimate of drug-likeness (QED) is 0.575. The van der Waals surface area contributed by atoms with Crippen molar-refractivity contribution in [3.63, 3.8) is 0 Å². The monoisotopic (exact) mass is 403 g/mol. The van der Waals surface area contributed by atoms with E-state index in [0.29, 0.717) is 33.9 Å². The van der Waals surface area contributed by atoms with Crippen LogP contribution in [0.3, 0.4) is 0 Å². The molecule has 0 spiro atoms. The maximum atomic E-state index is 10.5. The third-order valence-electron chi connectivity index (χ3n) is 4.93. The van der Waals surface area contributed by atoms with Crippen molar-refractivity contribution < 1.29 is 5.11 Å². The number of aromatic nitrogens is 1. The Bertz CT molecular complexity index is 841. The molecule has 0 aliphatic carbocycles. The number of rotatable bonds is 7. The number of aliphatic hydroxyl groups excluding tert-OH is 1. The summed E-state index contributed by atoms with van der Waals surface area (Å²) in [7, 11) is 0. The number of nitrogens with zero attached hydrogens (tertiary/aromatic N) is 2. The molecule has 4 nitrogen and oxygen atoms in total. The minimum atomic E-state index is 0.228. The first-order valence-corrected chi connectivity index (χ1v) is 10.6. The molecule has 1 aromatic heterocycles. The minimum absolute atomic E-state index is 0.228. The van der Waals surface area contributed by atoms with Gasteiger partial charge >= 0.3 is 0 Å². The van der Waals surface area contributed by atoms with Crippen LogP contribution in [-0.2, 0) is 0 Å². The molecule has 1 aliphatic rings. The summed E-state index contributed by atoms with van der Waals surface area (Å²) in [6.45, 7) is 6.99. The van der Waals surface area contributed by atoms with E-state index in [-0.39, 0.29) is 11.8 Å². The molecule has 1 unspecified atom stereocenters. The van der Waals surface area contributed by atoms with Crippen molar-refractivity contribution in [1.82, 2.24) is 9.88 Å². The third-order valence-corrected chi connectivity index (χ3v) is 6.04. The molecule has 0 radical (unpaired) electrons. The summed E-state index contributed by atoms with van der Waals surface area (Å²) in [5, 5.41) is 22.4. The lowest BCUT2D eigenvalue weighted by Crippen LogP contribution is -2.35. The molecular formula is C21H26ClN3OS. The third kappa shape index (κ3) is 4.53. The molecule has 2 N–H and O–H groups in total. The molecule has 0 saturated carbocycles. The zero-order valence-electron chi connectivity index (χ0n) is 16.0.